The van der Waals surface area contributed by atoms with Crippen LogP contribution in [0, 0.1) is 0 Å². The molecule has 1 aromatic heterocycles. The molecular weight excluding hydrogens is 248 g/mol. The second-order valence-electron chi connectivity index (χ2n) is 5.13. The Labute approximate surface area is 112 Å². The molecule has 0 saturated carbocycles. The third kappa shape index (κ3) is 3.29. The van der Waals surface area contributed by atoms with Crippen molar-refractivity contribution in [1.82, 2.24) is 9.88 Å². The van der Waals surface area contributed by atoms with E-state index < -0.39 is 5.97 Å². The van der Waals surface area contributed by atoms with Crippen molar-refractivity contribution in [3.8, 4) is 0 Å². The highest BCUT2D eigenvalue weighted by atomic mass is 32.1. The third-order valence-electron chi connectivity index (χ3n) is 3.43. The van der Waals surface area contributed by atoms with E-state index in [1.807, 2.05) is 5.38 Å². The summed E-state index contributed by atoms with van der Waals surface area (Å²) in [5, 5.41) is 11.7. The lowest BCUT2D eigenvalue weighted by molar-refractivity contribution is -0.136. The number of aliphatic carboxylic acids is 1. The van der Waals surface area contributed by atoms with E-state index in [0.29, 0.717) is 17.8 Å². The molecule has 0 amide bonds. The smallest absolute Gasteiger partial charge is 0.309 e. The number of carbonyl (C=O) groups is 1. The van der Waals surface area contributed by atoms with Crippen LogP contribution in [0.15, 0.2) is 5.38 Å². The van der Waals surface area contributed by atoms with Crippen LogP contribution < -0.4 is 0 Å². The van der Waals surface area contributed by atoms with Crippen LogP contribution in [0.3, 0.4) is 0 Å². The molecule has 4 nitrogen and oxygen atoms in total. The summed E-state index contributed by atoms with van der Waals surface area (Å²) in [5.74, 6) is -0.809. The number of hydrogen-bond donors (Lipinski definition) is 1. The summed E-state index contributed by atoms with van der Waals surface area (Å²) in [6, 6.07) is 1.16. The fraction of sp³-hybridized carbons (Fsp3) is 0.692. The van der Waals surface area contributed by atoms with Crippen molar-refractivity contribution in [2.75, 3.05) is 6.54 Å². The van der Waals surface area contributed by atoms with Crippen LogP contribution in [-0.4, -0.2) is 39.6 Å². The summed E-state index contributed by atoms with van der Waals surface area (Å²) in [6.07, 6.45) is 3.49. The lowest BCUT2D eigenvalue weighted by atomic mass is 10.1. The highest BCUT2D eigenvalue weighted by molar-refractivity contribution is 7.09. The molecule has 1 unspecified atom stereocenters. The van der Waals surface area contributed by atoms with E-state index in [1.165, 1.54) is 19.4 Å². The number of aromatic nitrogens is 1. The average molecular weight is 268 g/mol. The number of thiazole rings is 1. The highest BCUT2D eigenvalue weighted by Gasteiger charge is 2.27. The Hall–Kier alpha value is -0.940. The largest absolute Gasteiger partial charge is 0.481 e. The lowest BCUT2D eigenvalue weighted by Gasteiger charge is -2.27. The number of hydrogen-bond acceptors (Lipinski definition) is 4. The number of carboxylic acids is 1. The molecule has 1 fully saturated rings. The molecule has 0 aliphatic carbocycles. The maximum Gasteiger partial charge on any atom is 0.309 e. The average Bonchev–Trinajstić information content (AvgIpc) is 2.87. The van der Waals surface area contributed by atoms with Crippen LogP contribution in [0.4, 0.5) is 0 Å². The summed E-state index contributed by atoms with van der Waals surface area (Å²) in [4.78, 5) is 17.6. The van der Waals surface area contributed by atoms with Crippen molar-refractivity contribution in [3.63, 3.8) is 0 Å². The zero-order valence-electron chi connectivity index (χ0n) is 10.9. The summed E-state index contributed by atoms with van der Waals surface area (Å²) in [5.41, 5.74) is 0.691. The van der Waals surface area contributed by atoms with Crippen LogP contribution >= 0.6 is 11.3 Å². The standard InChI is InChI=1S/C13H20N2O2S/c1-9(2)15-5-3-4-11(15)7-12-14-10(8-18-12)6-13(16)17/h8-9,11H,3-7H2,1-2H3,(H,16,17). The van der Waals surface area contributed by atoms with Gasteiger partial charge in [-0.25, -0.2) is 4.98 Å². The van der Waals surface area contributed by atoms with Crippen molar-refractivity contribution in [2.24, 2.45) is 0 Å². The molecule has 1 saturated heterocycles. The molecule has 100 valence electrons. The molecule has 1 aliphatic rings. The highest BCUT2D eigenvalue weighted by Crippen LogP contribution is 2.24. The molecule has 1 N–H and O–H groups in total. The Morgan fingerprint density at radius 2 is 2.44 bits per heavy atom. The minimum atomic E-state index is -0.809. The number of carboxylic acid groups (broad SMARTS) is 1. The van der Waals surface area contributed by atoms with E-state index in [9.17, 15) is 4.79 Å². The molecule has 0 bridgehead atoms. The van der Waals surface area contributed by atoms with Gasteiger partial charge in [0.25, 0.3) is 0 Å². The van der Waals surface area contributed by atoms with Crippen LogP contribution in [0.1, 0.15) is 37.4 Å². The van der Waals surface area contributed by atoms with E-state index in [1.54, 1.807) is 11.3 Å². The zero-order chi connectivity index (χ0) is 13.1. The van der Waals surface area contributed by atoms with E-state index in [4.69, 9.17) is 5.11 Å². The number of likely N-dealkylation sites (tertiary alicyclic amines) is 1. The fourth-order valence-electron chi connectivity index (χ4n) is 2.64. The summed E-state index contributed by atoms with van der Waals surface area (Å²) < 4.78 is 0. The van der Waals surface area contributed by atoms with Crippen LogP contribution in [0.5, 0.6) is 0 Å². The van der Waals surface area contributed by atoms with E-state index in [2.05, 4.69) is 23.7 Å². The second kappa shape index (κ2) is 5.80. The molecule has 0 radical (unpaired) electrons. The van der Waals surface area contributed by atoms with Crippen LogP contribution in [-0.2, 0) is 17.6 Å². The lowest BCUT2D eigenvalue weighted by Crippen LogP contribution is -2.36. The van der Waals surface area contributed by atoms with Gasteiger partial charge in [0.1, 0.15) is 0 Å². The maximum absolute atomic E-state index is 10.6. The van der Waals surface area contributed by atoms with E-state index in [-0.39, 0.29) is 6.42 Å². The summed E-state index contributed by atoms with van der Waals surface area (Å²) in [6.45, 7) is 5.64. The number of rotatable bonds is 5. The van der Waals surface area contributed by atoms with E-state index >= 15 is 0 Å². The molecule has 1 aromatic rings. The van der Waals surface area contributed by atoms with Gasteiger partial charge in [0.2, 0.25) is 0 Å². The fourth-order valence-corrected chi connectivity index (χ4v) is 3.50. The molecule has 2 heterocycles. The van der Waals surface area contributed by atoms with Crippen molar-refractivity contribution < 1.29 is 9.90 Å². The maximum atomic E-state index is 10.6. The Morgan fingerprint density at radius 1 is 1.67 bits per heavy atom. The molecular formula is C13H20N2O2S. The minimum Gasteiger partial charge on any atom is -0.481 e. The van der Waals surface area contributed by atoms with Crippen LogP contribution in [0.25, 0.3) is 0 Å². The van der Waals surface area contributed by atoms with Crippen molar-refractivity contribution in [2.45, 2.75) is 51.6 Å². The first-order chi connectivity index (χ1) is 8.56. The SMILES string of the molecule is CC(C)N1CCCC1Cc1nc(CC(=O)O)cs1. The Bertz CT molecular complexity index is 417. The normalized spacial score (nSPS) is 20.7. The molecule has 5 heteroatoms. The van der Waals surface area contributed by atoms with Crippen molar-refractivity contribution >= 4 is 17.3 Å². The van der Waals surface area contributed by atoms with Gasteiger partial charge in [0, 0.05) is 23.9 Å². The zero-order valence-corrected chi connectivity index (χ0v) is 11.7. The first kappa shape index (κ1) is 13.5. The molecule has 0 spiro atoms. The quantitative estimate of drug-likeness (QED) is 0.889. The first-order valence-electron chi connectivity index (χ1n) is 6.47. The van der Waals surface area contributed by atoms with Gasteiger partial charge in [0.05, 0.1) is 17.1 Å². The third-order valence-corrected chi connectivity index (χ3v) is 4.35. The van der Waals surface area contributed by atoms with Gasteiger partial charge >= 0.3 is 5.97 Å². The molecule has 18 heavy (non-hydrogen) atoms. The Balaban J connectivity index is 1.96. The Morgan fingerprint density at radius 3 is 3.11 bits per heavy atom. The monoisotopic (exact) mass is 268 g/mol. The van der Waals surface area contributed by atoms with Crippen molar-refractivity contribution in [1.29, 1.82) is 0 Å². The number of nitrogens with zero attached hydrogens (tertiary/aromatic N) is 2. The van der Waals surface area contributed by atoms with Gasteiger partial charge in [-0.05, 0) is 33.2 Å². The second-order valence-corrected chi connectivity index (χ2v) is 6.08. The predicted octanol–water partition coefficient (Wildman–Crippen LogP) is 2.19. The molecule has 1 atom stereocenters. The first-order valence-corrected chi connectivity index (χ1v) is 7.35. The predicted molar refractivity (Wildman–Crippen MR) is 72.0 cm³/mol. The van der Waals surface area contributed by atoms with Crippen molar-refractivity contribution in [3.05, 3.63) is 16.1 Å². The molecule has 0 aromatic carbocycles. The van der Waals surface area contributed by atoms with Gasteiger partial charge in [-0.15, -0.1) is 11.3 Å². The minimum absolute atomic E-state index is 0.0368. The molecule has 1 aliphatic heterocycles. The topological polar surface area (TPSA) is 53.4 Å². The van der Waals surface area contributed by atoms with Gasteiger partial charge in [-0.1, -0.05) is 0 Å². The van der Waals surface area contributed by atoms with Gasteiger partial charge < -0.3 is 5.11 Å². The van der Waals surface area contributed by atoms with Crippen LogP contribution in [0.2, 0.25) is 0 Å². The van der Waals surface area contributed by atoms with Gasteiger partial charge in [0.15, 0.2) is 0 Å². The Kier molecular flexibility index (Phi) is 4.35. The van der Waals surface area contributed by atoms with E-state index in [0.717, 1.165) is 11.4 Å². The van der Waals surface area contributed by atoms with Gasteiger partial charge in [-0.3, -0.25) is 9.69 Å². The van der Waals surface area contributed by atoms with Gasteiger partial charge in [-0.2, -0.15) is 0 Å². The summed E-state index contributed by atoms with van der Waals surface area (Å²) in [7, 11) is 0. The summed E-state index contributed by atoms with van der Waals surface area (Å²) >= 11 is 1.59. The molecule has 2 rings (SSSR count).